The summed E-state index contributed by atoms with van der Waals surface area (Å²) in [4.78, 5) is 24.7. The molecule has 1 saturated heterocycles. The third-order valence-corrected chi connectivity index (χ3v) is 5.65. The van der Waals surface area contributed by atoms with Gasteiger partial charge in [-0.25, -0.2) is 13.2 Å². The highest BCUT2D eigenvalue weighted by Crippen LogP contribution is 2.13. The summed E-state index contributed by atoms with van der Waals surface area (Å²) in [5.41, 5.74) is 0.728. The molecule has 1 aromatic rings. The van der Waals surface area contributed by atoms with E-state index in [-0.39, 0.29) is 51.1 Å². The van der Waals surface area contributed by atoms with Gasteiger partial charge in [-0.05, 0) is 5.56 Å². The van der Waals surface area contributed by atoms with Crippen LogP contribution in [0, 0.1) is 0 Å². The minimum atomic E-state index is -3.43. The smallest absolute Gasteiger partial charge is 0.332 e. The van der Waals surface area contributed by atoms with Crippen LogP contribution in [0.25, 0.3) is 0 Å². The zero-order chi connectivity index (χ0) is 18.3. The van der Waals surface area contributed by atoms with Crippen molar-refractivity contribution in [3.8, 4) is 0 Å². The largest absolute Gasteiger partial charge is 0.454 e. The monoisotopic (exact) mass is 370 g/mol. The van der Waals surface area contributed by atoms with E-state index in [4.69, 9.17) is 4.74 Å². The first-order chi connectivity index (χ1) is 11.9. The van der Waals surface area contributed by atoms with E-state index < -0.39 is 16.0 Å². The summed E-state index contributed by atoms with van der Waals surface area (Å²) in [6, 6.07) is 8.97. The number of hydrogen-bond acceptors (Lipinski definition) is 6. The van der Waals surface area contributed by atoms with Crippen LogP contribution in [0.3, 0.4) is 0 Å². The quantitative estimate of drug-likeness (QED) is 0.620. The van der Waals surface area contributed by atoms with E-state index in [1.54, 1.807) is 24.3 Å². The Morgan fingerprint density at radius 2 is 1.68 bits per heavy atom. The lowest BCUT2D eigenvalue weighted by Crippen LogP contribution is -2.51. The molecule has 0 aromatic heterocycles. The molecule has 0 atom stereocenters. The Balaban J connectivity index is 1.82. The summed E-state index contributed by atoms with van der Waals surface area (Å²) < 4.78 is 35.7. The first kappa shape index (κ1) is 19.4. The molecular formula is C16H22N2O6S. The molecule has 0 aliphatic carbocycles. The molecule has 0 spiro atoms. The van der Waals surface area contributed by atoms with E-state index in [1.165, 1.54) is 16.3 Å². The number of benzene rings is 1. The molecule has 8 nitrogen and oxygen atoms in total. The van der Waals surface area contributed by atoms with Crippen molar-refractivity contribution in [2.45, 2.75) is 5.75 Å². The van der Waals surface area contributed by atoms with Crippen LogP contribution in [0.15, 0.2) is 30.3 Å². The molecule has 1 aliphatic rings. The minimum absolute atomic E-state index is 0.0591. The molecule has 138 valence electrons. The highest BCUT2D eigenvalue weighted by atomic mass is 32.2. The fraction of sp³-hybridized carbons (Fsp3) is 0.500. The van der Waals surface area contributed by atoms with Crippen molar-refractivity contribution < 1.29 is 27.5 Å². The summed E-state index contributed by atoms with van der Waals surface area (Å²) in [7, 11) is -2.07. The van der Waals surface area contributed by atoms with Crippen molar-refractivity contribution in [1.29, 1.82) is 0 Å². The fourth-order valence-electron chi connectivity index (χ4n) is 2.48. The van der Waals surface area contributed by atoms with Crippen LogP contribution in [0.4, 0.5) is 0 Å². The Labute approximate surface area is 147 Å². The van der Waals surface area contributed by atoms with Crippen molar-refractivity contribution >= 4 is 21.9 Å². The van der Waals surface area contributed by atoms with E-state index >= 15 is 0 Å². The molecule has 0 radical (unpaired) electrons. The molecule has 1 aliphatic heterocycles. The average molecular weight is 370 g/mol. The standard InChI is InChI=1S/C16H22N2O6S/c1-23-12-16(20)24-11-15(19)17-7-9-18(10-8-17)25(21,22)13-14-5-3-2-4-6-14/h2-6H,7-13H2,1H3. The number of nitrogens with zero attached hydrogens (tertiary/aromatic N) is 2. The van der Waals surface area contributed by atoms with E-state index in [0.29, 0.717) is 0 Å². The molecule has 1 aromatic carbocycles. The number of methoxy groups -OCH3 is 1. The van der Waals surface area contributed by atoms with Crippen molar-refractivity contribution in [1.82, 2.24) is 9.21 Å². The second-order valence-corrected chi connectivity index (χ2v) is 7.58. The first-order valence-electron chi connectivity index (χ1n) is 7.86. The van der Waals surface area contributed by atoms with Gasteiger partial charge >= 0.3 is 5.97 Å². The lowest BCUT2D eigenvalue weighted by Gasteiger charge is -2.33. The van der Waals surface area contributed by atoms with Crippen LogP contribution in [0.1, 0.15) is 5.56 Å². The Bertz CT molecular complexity index is 684. The number of piperazine rings is 1. The van der Waals surface area contributed by atoms with E-state index in [9.17, 15) is 18.0 Å². The predicted molar refractivity (Wildman–Crippen MR) is 90.1 cm³/mol. The first-order valence-corrected chi connectivity index (χ1v) is 9.47. The van der Waals surface area contributed by atoms with Gasteiger partial charge in [0.1, 0.15) is 6.61 Å². The fourth-order valence-corrected chi connectivity index (χ4v) is 4.00. The highest BCUT2D eigenvalue weighted by molar-refractivity contribution is 7.88. The number of hydrogen-bond donors (Lipinski definition) is 0. The molecule has 0 unspecified atom stereocenters. The van der Waals surface area contributed by atoms with Crippen LogP contribution in [0.2, 0.25) is 0 Å². The second kappa shape index (κ2) is 8.93. The summed E-state index contributed by atoms with van der Waals surface area (Å²) in [6.45, 7) is 0.432. The van der Waals surface area contributed by atoms with Gasteiger partial charge in [-0.15, -0.1) is 0 Å². The van der Waals surface area contributed by atoms with Crippen molar-refractivity contribution in [2.24, 2.45) is 0 Å². The van der Waals surface area contributed by atoms with E-state index in [2.05, 4.69) is 4.74 Å². The molecule has 0 bridgehead atoms. The summed E-state index contributed by atoms with van der Waals surface area (Å²) in [5, 5.41) is 0. The van der Waals surface area contributed by atoms with Crippen LogP contribution >= 0.6 is 0 Å². The molecule has 9 heteroatoms. The molecule has 25 heavy (non-hydrogen) atoms. The van der Waals surface area contributed by atoms with Crippen LogP contribution in [-0.4, -0.2) is 76.0 Å². The predicted octanol–water partition coefficient (Wildman–Crippen LogP) is -0.150. The summed E-state index contributed by atoms with van der Waals surface area (Å²) >= 11 is 0. The molecule has 1 heterocycles. The van der Waals surface area contributed by atoms with Crippen LogP contribution < -0.4 is 0 Å². The van der Waals surface area contributed by atoms with Gasteiger partial charge in [0.25, 0.3) is 5.91 Å². The number of amides is 1. The Morgan fingerprint density at radius 1 is 1.04 bits per heavy atom. The molecule has 2 rings (SSSR count). The van der Waals surface area contributed by atoms with Gasteiger partial charge < -0.3 is 14.4 Å². The van der Waals surface area contributed by atoms with Crippen LogP contribution in [0.5, 0.6) is 0 Å². The number of sulfonamides is 1. The maximum absolute atomic E-state index is 12.5. The zero-order valence-corrected chi connectivity index (χ0v) is 14.9. The maximum atomic E-state index is 12.5. The Kier molecular flexibility index (Phi) is 6.91. The maximum Gasteiger partial charge on any atom is 0.332 e. The normalized spacial score (nSPS) is 15.8. The van der Waals surface area contributed by atoms with Gasteiger partial charge in [-0.1, -0.05) is 30.3 Å². The Morgan fingerprint density at radius 3 is 2.28 bits per heavy atom. The average Bonchev–Trinajstić information content (AvgIpc) is 2.60. The third kappa shape index (κ3) is 5.80. The van der Waals surface area contributed by atoms with Crippen LogP contribution in [-0.2, 0) is 34.8 Å². The lowest BCUT2D eigenvalue weighted by atomic mass is 10.2. The Hall–Kier alpha value is -1.97. The van der Waals surface area contributed by atoms with Crippen molar-refractivity contribution in [3.63, 3.8) is 0 Å². The van der Waals surface area contributed by atoms with Gasteiger partial charge in [0.05, 0.1) is 5.75 Å². The number of carbonyl (C=O) groups excluding carboxylic acids is 2. The van der Waals surface area contributed by atoms with Crippen molar-refractivity contribution in [3.05, 3.63) is 35.9 Å². The third-order valence-electron chi connectivity index (χ3n) is 3.80. The number of rotatable bonds is 7. The topological polar surface area (TPSA) is 93.2 Å². The molecule has 1 fully saturated rings. The highest BCUT2D eigenvalue weighted by Gasteiger charge is 2.29. The van der Waals surface area contributed by atoms with E-state index in [1.807, 2.05) is 6.07 Å². The van der Waals surface area contributed by atoms with Gasteiger partial charge in [0.2, 0.25) is 10.0 Å². The van der Waals surface area contributed by atoms with Gasteiger partial charge in [-0.2, -0.15) is 4.31 Å². The van der Waals surface area contributed by atoms with Crippen molar-refractivity contribution in [2.75, 3.05) is 46.5 Å². The van der Waals surface area contributed by atoms with Gasteiger partial charge in [-0.3, -0.25) is 4.79 Å². The minimum Gasteiger partial charge on any atom is -0.454 e. The number of esters is 1. The molecule has 0 saturated carbocycles. The number of carbonyl (C=O) groups is 2. The number of ether oxygens (including phenoxy) is 2. The summed E-state index contributed by atoms with van der Waals surface area (Å²) in [6.07, 6.45) is 0. The lowest BCUT2D eigenvalue weighted by molar-refractivity contribution is -0.155. The van der Waals surface area contributed by atoms with Gasteiger partial charge in [0, 0.05) is 33.3 Å². The zero-order valence-electron chi connectivity index (χ0n) is 14.1. The molecule has 0 N–H and O–H groups in total. The molecular weight excluding hydrogens is 348 g/mol. The second-order valence-electron chi connectivity index (χ2n) is 5.62. The van der Waals surface area contributed by atoms with Gasteiger partial charge in [0.15, 0.2) is 6.61 Å². The summed E-state index contributed by atoms with van der Waals surface area (Å²) in [5.74, 6) is -1.01. The van der Waals surface area contributed by atoms with E-state index in [0.717, 1.165) is 5.56 Å². The SMILES string of the molecule is COCC(=O)OCC(=O)N1CCN(S(=O)(=O)Cc2ccccc2)CC1. The molecule has 1 amide bonds.